The quantitative estimate of drug-likeness (QED) is 0.510. The van der Waals surface area contributed by atoms with Crippen molar-refractivity contribution in [3.8, 4) is 0 Å². The van der Waals surface area contributed by atoms with Gasteiger partial charge in [-0.1, -0.05) is 29.8 Å². The molecule has 0 fully saturated rings. The zero-order valence-electron chi connectivity index (χ0n) is 8.27. The minimum absolute atomic E-state index is 1.10. The fourth-order valence-corrected chi connectivity index (χ4v) is 1.37. The van der Waals surface area contributed by atoms with E-state index in [0.717, 1.165) is 31.5 Å². The summed E-state index contributed by atoms with van der Waals surface area (Å²) in [5.41, 5.74) is 0. The van der Waals surface area contributed by atoms with Crippen molar-refractivity contribution in [1.29, 1.82) is 0 Å². The lowest BCUT2D eigenvalue weighted by Crippen LogP contribution is -2.32. The molecule has 0 atom stereocenters. The van der Waals surface area contributed by atoms with Gasteiger partial charge >= 0.3 is 0 Å². The van der Waals surface area contributed by atoms with Gasteiger partial charge in [0.05, 0.1) is 0 Å². The van der Waals surface area contributed by atoms with Crippen LogP contribution in [-0.4, -0.2) is 43.0 Å². The highest BCUT2D eigenvalue weighted by Crippen LogP contribution is 1.86. The van der Waals surface area contributed by atoms with Gasteiger partial charge < -0.3 is 10.2 Å². The molecule has 0 aliphatic rings. The van der Waals surface area contributed by atoms with Crippen molar-refractivity contribution < 1.29 is 0 Å². The number of halogens is 1. The van der Waals surface area contributed by atoms with E-state index in [1.54, 1.807) is 0 Å². The lowest BCUT2D eigenvalue weighted by molar-refractivity contribution is 0.303. The first-order chi connectivity index (χ1) is 5.85. The third-order valence-electron chi connectivity index (χ3n) is 1.99. The highest BCUT2D eigenvalue weighted by Gasteiger charge is 1.96. The number of alkyl halides is 1. The fraction of sp³-hybridized carbons (Fsp3) is 1.00. The third kappa shape index (κ3) is 7.07. The predicted octanol–water partition coefficient (Wildman–Crippen LogP) is 1.70. The van der Waals surface area contributed by atoms with Gasteiger partial charge in [-0.05, 0) is 26.1 Å². The van der Waals surface area contributed by atoms with Crippen molar-refractivity contribution in [1.82, 2.24) is 10.2 Å². The Morgan fingerprint density at radius 3 is 2.33 bits per heavy atom. The average Bonchev–Trinajstić information content (AvgIpc) is 2.11. The minimum Gasteiger partial charge on any atom is -0.315 e. The SMILES string of the molecule is CCN(CC)CCNCCCBr. The van der Waals surface area contributed by atoms with Crippen LogP contribution in [0.5, 0.6) is 0 Å². The first kappa shape index (κ1) is 12.4. The van der Waals surface area contributed by atoms with Crippen molar-refractivity contribution in [3.05, 3.63) is 0 Å². The van der Waals surface area contributed by atoms with E-state index in [0.29, 0.717) is 0 Å². The Bertz CT molecular complexity index is 84.6. The molecule has 0 bridgehead atoms. The second-order valence-electron chi connectivity index (χ2n) is 2.82. The highest BCUT2D eigenvalue weighted by molar-refractivity contribution is 9.09. The molecular formula is C9H21BrN2. The molecule has 0 saturated heterocycles. The van der Waals surface area contributed by atoms with E-state index in [-0.39, 0.29) is 0 Å². The van der Waals surface area contributed by atoms with Gasteiger partial charge in [0.1, 0.15) is 0 Å². The summed E-state index contributed by atoms with van der Waals surface area (Å²) in [6.07, 6.45) is 1.22. The molecule has 0 radical (unpaired) electrons. The first-order valence-corrected chi connectivity index (χ1v) is 5.96. The van der Waals surface area contributed by atoms with Crippen molar-refractivity contribution in [2.75, 3.05) is 38.1 Å². The van der Waals surface area contributed by atoms with Crippen LogP contribution < -0.4 is 5.32 Å². The number of nitrogens with one attached hydrogen (secondary N) is 1. The zero-order valence-corrected chi connectivity index (χ0v) is 9.86. The largest absolute Gasteiger partial charge is 0.315 e. The van der Waals surface area contributed by atoms with Crippen molar-refractivity contribution in [2.24, 2.45) is 0 Å². The Kier molecular flexibility index (Phi) is 9.80. The molecule has 3 heteroatoms. The van der Waals surface area contributed by atoms with E-state index >= 15 is 0 Å². The van der Waals surface area contributed by atoms with Crippen LogP contribution in [0.25, 0.3) is 0 Å². The van der Waals surface area contributed by atoms with E-state index in [2.05, 4.69) is 40.0 Å². The Labute approximate surface area is 84.8 Å². The lowest BCUT2D eigenvalue weighted by Gasteiger charge is -2.17. The Morgan fingerprint density at radius 2 is 1.83 bits per heavy atom. The van der Waals surface area contributed by atoms with Crippen molar-refractivity contribution in [2.45, 2.75) is 20.3 Å². The lowest BCUT2D eigenvalue weighted by atomic mass is 10.4. The fourth-order valence-electron chi connectivity index (χ4n) is 1.09. The van der Waals surface area contributed by atoms with Crippen LogP contribution >= 0.6 is 15.9 Å². The number of hydrogen-bond acceptors (Lipinski definition) is 2. The summed E-state index contributed by atoms with van der Waals surface area (Å²) in [4.78, 5) is 2.43. The van der Waals surface area contributed by atoms with Crippen LogP contribution in [0.2, 0.25) is 0 Å². The molecule has 0 aromatic carbocycles. The van der Waals surface area contributed by atoms with Gasteiger partial charge in [0.15, 0.2) is 0 Å². The van der Waals surface area contributed by atoms with Gasteiger partial charge in [-0.25, -0.2) is 0 Å². The molecule has 2 nitrogen and oxygen atoms in total. The maximum Gasteiger partial charge on any atom is 0.0107 e. The molecule has 0 aromatic rings. The van der Waals surface area contributed by atoms with Gasteiger partial charge in [-0.3, -0.25) is 0 Å². The molecule has 0 amide bonds. The summed E-state index contributed by atoms with van der Waals surface area (Å²) in [6, 6.07) is 0. The average molecular weight is 237 g/mol. The molecule has 1 N–H and O–H groups in total. The van der Waals surface area contributed by atoms with E-state index in [1.165, 1.54) is 13.0 Å². The molecule has 0 unspecified atom stereocenters. The zero-order chi connectivity index (χ0) is 9.23. The maximum atomic E-state index is 3.41. The molecule has 0 rings (SSSR count). The topological polar surface area (TPSA) is 15.3 Å². The normalized spacial score (nSPS) is 11.0. The number of likely N-dealkylation sites (N-methyl/N-ethyl adjacent to an activating group) is 1. The second kappa shape index (κ2) is 9.49. The molecule has 0 heterocycles. The number of hydrogen-bond donors (Lipinski definition) is 1. The van der Waals surface area contributed by atoms with Crippen molar-refractivity contribution in [3.63, 3.8) is 0 Å². The summed E-state index contributed by atoms with van der Waals surface area (Å²) >= 11 is 3.41. The van der Waals surface area contributed by atoms with Crippen LogP contribution in [0.4, 0.5) is 0 Å². The second-order valence-corrected chi connectivity index (χ2v) is 3.61. The minimum atomic E-state index is 1.10. The van der Waals surface area contributed by atoms with Crippen molar-refractivity contribution >= 4 is 15.9 Å². The first-order valence-electron chi connectivity index (χ1n) is 4.84. The van der Waals surface area contributed by atoms with Gasteiger partial charge in [-0.2, -0.15) is 0 Å². The molecule has 0 aromatic heterocycles. The molecule has 0 spiro atoms. The summed E-state index contributed by atoms with van der Waals surface area (Å²) in [7, 11) is 0. The molecule has 0 saturated carbocycles. The number of rotatable bonds is 8. The Hall–Kier alpha value is 0.400. The van der Waals surface area contributed by atoms with Gasteiger partial charge in [0.25, 0.3) is 0 Å². The van der Waals surface area contributed by atoms with Gasteiger partial charge in [0.2, 0.25) is 0 Å². The van der Waals surface area contributed by atoms with E-state index in [4.69, 9.17) is 0 Å². The van der Waals surface area contributed by atoms with Gasteiger partial charge in [0, 0.05) is 18.4 Å². The Morgan fingerprint density at radius 1 is 1.17 bits per heavy atom. The standard InChI is InChI=1S/C9H21BrN2/c1-3-12(4-2)9-8-11-7-5-6-10/h11H,3-9H2,1-2H3. The maximum absolute atomic E-state index is 3.41. The smallest absolute Gasteiger partial charge is 0.0107 e. The monoisotopic (exact) mass is 236 g/mol. The van der Waals surface area contributed by atoms with Crippen LogP contribution in [0.3, 0.4) is 0 Å². The molecule has 12 heavy (non-hydrogen) atoms. The van der Waals surface area contributed by atoms with Crippen LogP contribution in [-0.2, 0) is 0 Å². The summed E-state index contributed by atoms with van der Waals surface area (Å²) in [6.45, 7) is 10.2. The third-order valence-corrected chi connectivity index (χ3v) is 2.55. The molecular weight excluding hydrogens is 216 g/mol. The van der Waals surface area contributed by atoms with Crippen LogP contribution in [0.1, 0.15) is 20.3 Å². The molecule has 0 aliphatic carbocycles. The van der Waals surface area contributed by atoms with Crippen LogP contribution in [0.15, 0.2) is 0 Å². The van der Waals surface area contributed by atoms with Gasteiger partial charge in [-0.15, -0.1) is 0 Å². The molecule has 0 aliphatic heterocycles. The molecule has 74 valence electrons. The van der Waals surface area contributed by atoms with Crippen LogP contribution in [0, 0.1) is 0 Å². The van der Waals surface area contributed by atoms with E-state index in [1.807, 2.05) is 0 Å². The van der Waals surface area contributed by atoms with E-state index in [9.17, 15) is 0 Å². The predicted molar refractivity (Wildman–Crippen MR) is 59.1 cm³/mol. The number of nitrogens with zero attached hydrogens (tertiary/aromatic N) is 1. The summed E-state index contributed by atoms with van der Waals surface area (Å²) in [5.74, 6) is 0. The summed E-state index contributed by atoms with van der Waals surface area (Å²) in [5, 5.41) is 4.52. The Balaban J connectivity index is 3.06. The highest BCUT2D eigenvalue weighted by atomic mass is 79.9. The van der Waals surface area contributed by atoms with E-state index < -0.39 is 0 Å². The summed E-state index contributed by atoms with van der Waals surface area (Å²) < 4.78 is 0.